The molecule has 0 saturated carbocycles. The van der Waals surface area contributed by atoms with Crippen LogP contribution in [0.4, 0.5) is 0 Å². The summed E-state index contributed by atoms with van der Waals surface area (Å²) in [5.41, 5.74) is 1.67. The van der Waals surface area contributed by atoms with Gasteiger partial charge in [0, 0.05) is 25.4 Å². The summed E-state index contributed by atoms with van der Waals surface area (Å²) in [7, 11) is 0. The predicted octanol–water partition coefficient (Wildman–Crippen LogP) is 1.51. The molecule has 0 radical (unpaired) electrons. The van der Waals surface area contributed by atoms with Crippen molar-refractivity contribution >= 4 is 11.8 Å². The molecule has 3 N–H and O–H groups in total. The highest BCUT2D eigenvalue weighted by atomic mass is 16.2. The molecule has 0 bridgehead atoms. The summed E-state index contributed by atoms with van der Waals surface area (Å²) in [6, 6.07) is 12.5. The summed E-state index contributed by atoms with van der Waals surface area (Å²) < 4.78 is 0. The third-order valence-electron chi connectivity index (χ3n) is 2.85. The van der Waals surface area contributed by atoms with Gasteiger partial charge in [-0.05, 0) is 17.7 Å². The number of hydrogen-bond donors (Lipinski definition) is 3. The van der Waals surface area contributed by atoms with Crippen LogP contribution in [0, 0.1) is 0 Å². The summed E-state index contributed by atoms with van der Waals surface area (Å²) in [6.07, 6.45) is 1.72. The normalized spacial score (nSPS) is 11.7. The van der Waals surface area contributed by atoms with Crippen molar-refractivity contribution in [2.24, 2.45) is 0 Å². The second kappa shape index (κ2) is 6.56. The van der Waals surface area contributed by atoms with E-state index in [0.29, 0.717) is 12.2 Å². The number of aromatic amines is 1. The Balaban J connectivity index is 2.02. The zero-order valence-corrected chi connectivity index (χ0v) is 11.2. The molecular weight excluding hydrogens is 254 g/mol. The highest BCUT2D eigenvalue weighted by Gasteiger charge is 2.21. The number of H-pyrrole nitrogens is 1. The summed E-state index contributed by atoms with van der Waals surface area (Å²) in [6.45, 7) is 1.82. The minimum atomic E-state index is -0.703. The lowest BCUT2D eigenvalue weighted by molar-refractivity contribution is -0.128. The number of aromatic nitrogens is 1. The fraction of sp³-hybridized carbons (Fsp3) is 0.200. The third-order valence-corrected chi connectivity index (χ3v) is 2.85. The average molecular weight is 271 g/mol. The van der Waals surface area contributed by atoms with Gasteiger partial charge in [0.05, 0.1) is 0 Å². The van der Waals surface area contributed by atoms with Crippen molar-refractivity contribution in [2.75, 3.05) is 0 Å². The van der Waals surface area contributed by atoms with Crippen LogP contribution in [0.25, 0.3) is 0 Å². The molecule has 0 aliphatic carbocycles. The van der Waals surface area contributed by atoms with Crippen molar-refractivity contribution in [1.29, 1.82) is 0 Å². The molecule has 0 spiro atoms. The Morgan fingerprint density at radius 3 is 2.50 bits per heavy atom. The van der Waals surface area contributed by atoms with Crippen molar-refractivity contribution in [3.63, 3.8) is 0 Å². The molecule has 0 saturated heterocycles. The van der Waals surface area contributed by atoms with E-state index in [1.807, 2.05) is 30.3 Å². The summed E-state index contributed by atoms with van der Waals surface area (Å²) in [5.74, 6) is -0.494. The lowest BCUT2D eigenvalue weighted by Crippen LogP contribution is -2.39. The third kappa shape index (κ3) is 3.71. The zero-order chi connectivity index (χ0) is 14.4. The first-order valence-electron chi connectivity index (χ1n) is 6.39. The Morgan fingerprint density at radius 2 is 1.90 bits per heavy atom. The summed E-state index contributed by atoms with van der Waals surface area (Å²) in [4.78, 5) is 26.4. The highest BCUT2D eigenvalue weighted by molar-refractivity contribution is 5.87. The van der Waals surface area contributed by atoms with Gasteiger partial charge in [0.2, 0.25) is 11.8 Å². The Bertz CT molecular complexity index is 564. The smallest absolute Gasteiger partial charge is 0.249 e. The van der Waals surface area contributed by atoms with Gasteiger partial charge in [-0.15, -0.1) is 0 Å². The predicted molar refractivity (Wildman–Crippen MR) is 75.6 cm³/mol. The Kier molecular flexibility index (Phi) is 4.55. The number of amides is 2. The number of carbonyl (C=O) groups excluding carboxylic acids is 2. The molecule has 1 aromatic heterocycles. The molecule has 2 amide bonds. The van der Waals surface area contributed by atoms with E-state index in [9.17, 15) is 9.59 Å². The molecule has 0 unspecified atom stereocenters. The number of carbonyl (C=O) groups is 2. The van der Waals surface area contributed by atoms with E-state index in [4.69, 9.17) is 0 Å². The van der Waals surface area contributed by atoms with E-state index in [0.717, 1.165) is 5.56 Å². The van der Waals surface area contributed by atoms with Crippen LogP contribution >= 0.6 is 0 Å². The molecule has 1 aromatic carbocycles. The monoisotopic (exact) mass is 271 g/mol. The van der Waals surface area contributed by atoms with Crippen molar-refractivity contribution in [3.8, 4) is 0 Å². The molecule has 0 aliphatic rings. The van der Waals surface area contributed by atoms with Crippen molar-refractivity contribution in [2.45, 2.75) is 19.5 Å². The van der Waals surface area contributed by atoms with Gasteiger partial charge < -0.3 is 15.6 Å². The van der Waals surface area contributed by atoms with Crippen LogP contribution in [0.1, 0.15) is 24.2 Å². The van der Waals surface area contributed by atoms with Gasteiger partial charge in [0.1, 0.15) is 6.04 Å². The van der Waals surface area contributed by atoms with Crippen LogP contribution in [0.5, 0.6) is 0 Å². The second-order valence-electron chi connectivity index (χ2n) is 4.46. The Labute approximate surface area is 117 Å². The van der Waals surface area contributed by atoms with Gasteiger partial charge in [0.25, 0.3) is 0 Å². The highest BCUT2D eigenvalue weighted by Crippen LogP contribution is 2.11. The maximum absolute atomic E-state index is 12.2. The standard InChI is InChI=1S/C15H17N3O2/c1-11(19)18-14(13-8-5-9-16-13)15(20)17-10-12-6-3-2-4-7-12/h2-9,14,16H,10H2,1H3,(H,17,20)(H,18,19)/t14-/m1/s1. The first-order valence-corrected chi connectivity index (χ1v) is 6.39. The zero-order valence-electron chi connectivity index (χ0n) is 11.2. The van der Waals surface area contributed by atoms with Crippen LogP contribution in [0.2, 0.25) is 0 Å². The molecule has 2 aromatic rings. The Morgan fingerprint density at radius 1 is 1.15 bits per heavy atom. The van der Waals surface area contributed by atoms with Crippen LogP contribution in [0.3, 0.4) is 0 Å². The van der Waals surface area contributed by atoms with E-state index in [2.05, 4.69) is 15.6 Å². The summed E-state index contributed by atoms with van der Waals surface area (Å²) in [5, 5.41) is 5.46. The fourth-order valence-electron chi connectivity index (χ4n) is 1.90. The van der Waals surface area contributed by atoms with Crippen LogP contribution in [0.15, 0.2) is 48.7 Å². The maximum atomic E-state index is 12.2. The first kappa shape index (κ1) is 13.9. The van der Waals surface area contributed by atoms with E-state index in [1.165, 1.54) is 6.92 Å². The molecule has 5 heteroatoms. The maximum Gasteiger partial charge on any atom is 0.249 e. The molecule has 1 heterocycles. The van der Waals surface area contributed by atoms with Crippen molar-refractivity contribution in [1.82, 2.24) is 15.6 Å². The van der Waals surface area contributed by atoms with Crippen LogP contribution in [-0.4, -0.2) is 16.8 Å². The minimum Gasteiger partial charge on any atom is -0.363 e. The number of hydrogen-bond acceptors (Lipinski definition) is 2. The van der Waals surface area contributed by atoms with E-state index in [-0.39, 0.29) is 11.8 Å². The number of nitrogens with one attached hydrogen (secondary N) is 3. The topological polar surface area (TPSA) is 74.0 Å². The summed E-state index contributed by atoms with van der Waals surface area (Å²) >= 11 is 0. The largest absolute Gasteiger partial charge is 0.363 e. The molecule has 1 atom stereocenters. The molecule has 104 valence electrons. The number of rotatable bonds is 5. The molecule has 0 fully saturated rings. The van der Waals surface area contributed by atoms with Gasteiger partial charge in [-0.3, -0.25) is 9.59 Å². The quantitative estimate of drug-likeness (QED) is 0.771. The van der Waals surface area contributed by atoms with Gasteiger partial charge in [0.15, 0.2) is 0 Å². The minimum absolute atomic E-state index is 0.244. The fourth-order valence-corrected chi connectivity index (χ4v) is 1.90. The van der Waals surface area contributed by atoms with Crippen molar-refractivity contribution < 1.29 is 9.59 Å². The van der Waals surface area contributed by atoms with E-state index in [1.54, 1.807) is 18.3 Å². The van der Waals surface area contributed by atoms with Gasteiger partial charge in [-0.25, -0.2) is 0 Å². The second-order valence-corrected chi connectivity index (χ2v) is 4.46. The SMILES string of the molecule is CC(=O)N[C@@H](C(=O)NCc1ccccc1)c1ccc[nH]1. The molecule has 2 rings (SSSR count). The van der Waals surface area contributed by atoms with Crippen molar-refractivity contribution in [3.05, 3.63) is 59.9 Å². The molecule has 20 heavy (non-hydrogen) atoms. The van der Waals surface area contributed by atoms with Gasteiger partial charge in [-0.1, -0.05) is 30.3 Å². The lowest BCUT2D eigenvalue weighted by Gasteiger charge is -2.16. The molecular formula is C15H17N3O2. The van der Waals surface area contributed by atoms with Gasteiger partial charge >= 0.3 is 0 Å². The van der Waals surface area contributed by atoms with Crippen LogP contribution < -0.4 is 10.6 Å². The Hall–Kier alpha value is -2.56. The van der Waals surface area contributed by atoms with Crippen LogP contribution in [-0.2, 0) is 16.1 Å². The van der Waals surface area contributed by atoms with Gasteiger partial charge in [-0.2, -0.15) is 0 Å². The lowest BCUT2D eigenvalue weighted by atomic mass is 10.1. The average Bonchev–Trinajstić information content (AvgIpc) is 2.97. The first-order chi connectivity index (χ1) is 9.66. The van der Waals surface area contributed by atoms with E-state index < -0.39 is 6.04 Å². The van der Waals surface area contributed by atoms with E-state index >= 15 is 0 Å². The molecule has 0 aliphatic heterocycles. The molecule has 5 nitrogen and oxygen atoms in total. The number of benzene rings is 1.